The Morgan fingerprint density at radius 2 is 1.50 bits per heavy atom. The highest BCUT2D eigenvalue weighted by Gasteiger charge is 2.07. The molecule has 0 radical (unpaired) electrons. The van der Waals surface area contributed by atoms with Crippen molar-refractivity contribution < 1.29 is 15.3 Å². The maximum Gasteiger partial charge on any atom is 0.126 e. The second-order valence-corrected chi connectivity index (χ2v) is 3.98. The lowest BCUT2D eigenvalue weighted by Crippen LogP contribution is -1.84. The van der Waals surface area contributed by atoms with E-state index in [2.05, 4.69) is 0 Å². The van der Waals surface area contributed by atoms with Crippen molar-refractivity contribution in [2.75, 3.05) is 0 Å². The Morgan fingerprint density at radius 3 is 2.11 bits per heavy atom. The molecule has 3 nitrogen and oxygen atoms in total. The highest BCUT2D eigenvalue weighted by atomic mass is 16.3. The second-order valence-electron chi connectivity index (χ2n) is 3.98. The zero-order chi connectivity index (χ0) is 13.0. The summed E-state index contributed by atoms with van der Waals surface area (Å²) >= 11 is 0. The van der Waals surface area contributed by atoms with Gasteiger partial charge in [-0.05, 0) is 12.0 Å². The van der Waals surface area contributed by atoms with Crippen LogP contribution in [-0.4, -0.2) is 15.3 Å². The molecule has 2 aromatic carbocycles. The van der Waals surface area contributed by atoms with Gasteiger partial charge in [-0.2, -0.15) is 0 Å². The van der Waals surface area contributed by atoms with Crippen molar-refractivity contribution >= 4 is 6.08 Å². The Balaban J connectivity index is 2.14. The van der Waals surface area contributed by atoms with E-state index in [1.165, 1.54) is 12.1 Å². The van der Waals surface area contributed by atoms with Gasteiger partial charge < -0.3 is 15.3 Å². The van der Waals surface area contributed by atoms with Crippen molar-refractivity contribution in [3.05, 3.63) is 59.7 Å². The third-order valence-corrected chi connectivity index (χ3v) is 2.62. The maximum atomic E-state index is 9.62. The zero-order valence-corrected chi connectivity index (χ0v) is 9.74. The van der Waals surface area contributed by atoms with Gasteiger partial charge in [-0.25, -0.2) is 0 Å². The van der Waals surface area contributed by atoms with Gasteiger partial charge in [0.2, 0.25) is 0 Å². The Bertz CT molecular complexity index is 536. The third kappa shape index (κ3) is 2.83. The van der Waals surface area contributed by atoms with Crippen LogP contribution in [0.5, 0.6) is 17.2 Å². The van der Waals surface area contributed by atoms with Crippen molar-refractivity contribution in [3.8, 4) is 17.2 Å². The number of phenols is 3. The first-order valence-electron chi connectivity index (χ1n) is 5.62. The molecule has 0 aromatic heterocycles. The quantitative estimate of drug-likeness (QED) is 0.775. The van der Waals surface area contributed by atoms with Crippen molar-refractivity contribution in [3.63, 3.8) is 0 Å². The first kappa shape index (κ1) is 12.0. The van der Waals surface area contributed by atoms with Gasteiger partial charge in [0.05, 0.1) is 0 Å². The molecule has 3 heteroatoms. The van der Waals surface area contributed by atoms with Gasteiger partial charge in [0.15, 0.2) is 0 Å². The predicted molar refractivity (Wildman–Crippen MR) is 70.6 cm³/mol. The highest BCUT2D eigenvalue weighted by molar-refractivity contribution is 5.53. The SMILES string of the molecule is Oc1cc(O)c(C/C=C/c2ccccc2)c(O)c1. The Labute approximate surface area is 105 Å². The number of benzene rings is 2. The summed E-state index contributed by atoms with van der Waals surface area (Å²) < 4.78 is 0. The van der Waals surface area contributed by atoms with Crippen molar-refractivity contribution in [1.29, 1.82) is 0 Å². The molecule has 0 bridgehead atoms. The van der Waals surface area contributed by atoms with E-state index in [1.807, 2.05) is 42.5 Å². The Kier molecular flexibility index (Phi) is 3.53. The van der Waals surface area contributed by atoms with Crippen LogP contribution in [0.1, 0.15) is 11.1 Å². The molecule has 0 amide bonds. The van der Waals surface area contributed by atoms with Crippen LogP contribution in [0, 0.1) is 0 Å². The van der Waals surface area contributed by atoms with Crippen LogP contribution in [0.15, 0.2) is 48.5 Å². The first-order chi connectivity index (χ1) is 8.66. The lowest BCUT2D eigenvalue weighted by molar-refractivity contribution is 0.421. The molecule has 0 spiro atoms. The van der Waals surface area contributed by atoms with Crippen molar-refractivity contribution in [2.45, 2.75) is 6.42 Å². The number of aromatic hydroxyl groups is 3. The summed E-state index contributed by atoms with van der Waals surface area (Å²) in [5, 5.41) is 28.4. The van der Waals surface area contributed by atoms with Gasteiger partial charge in [0.25, 0.3) is 0 Å². The molecular weight excluding hydrogens is 228 g/mol. The summed E-state index contributed by atoms with van der Waals surface area (Å²) in [6.07, 6.45) is 4.15. The summed E-state index contributed by atoms with van der Waals surface area (Å²) in [5.41, 5.74) is 1.45. The minimum atomic E-state index is -0.152. The van der Waals surface area contributed by atoms with Crippen LogP contribution in [-0.2, 0) is 6.42 Å². The van der Waals surface area contributed by atoms with E-state index in [4.69, 9.17) is 0 Å². The summed E-state index contributed by atoms with van der Waals surface area (Å²) in [7, 11) is 0. The topological polar surface area (TPSA) is 60.7 Å². The van der Waals surface area contributed by atoms with Crippen molar-refractivity contribution in [2.24, 2.45) is 0 Å². The third-order valence-electron chi connectivity index (χ3n) is 2.62. The maximum absolute atomic E-state index is 9.62. The number of rotatable bonds is 3. The lowest BCUT2D eigenvalue weighted by Gasteiger charge is -2.05. The molecule has 0 saturated heterocycles. The molecule has 0 aliphatic rings. The molecule has 0 aliphatic heterocycles. The Morgan fingerprint density at radius 1 is 0.889 bits per heavy atom. The van der Waals surface area contributed by atoms with Gasteiger partial charge in [-0.1, -0.05) is 42.5 Å². The standard InChI is InChI=1S/C15H14O3/c16-12-9-14(17)13(15(18)10-12)8-4-7-11-5-2-1-3-6-11/h1-7,9-10,16-18H,8H2/b7-4+. The Hall–Kier alpha value is -2.42. The van der Waals surface area contributed by atoms with Gasteiger partial charge >= 0.3 is 0 Å². The largest absolute Gasteiger partial charge is 0.508 e. The normalized spacial score (nSPS) is 10.9. The van der Waals surface area contributed by atoms with E-state index in [0.29, 0.717) is 12.0 Å². The fourth-order valence-electron chi connectivity index (χ4n) is 1.71. The van der Waals surface area contributed by atoms with Gasteiger partial charge in [-0.3, -0.25) is 0 Å². The highest BCUT2D eigenvalue weighted by Crippen LogP contribution is 2.32. The molecule has 2 rings (SSSR count). The summed E-state index contributed by atoms with van der Waals surface area (Å²) in [4.78, 5) is 0. The molecule has 0 saturated carbocycles. The van der Waals surface area contributed by atoms with Crippen LogP contribution < -0.4 is 0 Å². The number of allylic oxidation sites excluding steroid dienone is 1. The smallest absolute Gasteiger partial charge is 0.126 e. The molecule has 92 valence electrons. The first-order valence-corrected chi connectivity index (χ1v) is 5.62. The van der Waals surface area contributed by atoms with Gasteiger partial charge in [0, 0.05) is 17.7 Å². The predicted octanol–water partition coefficient (Wildman–Crippen LogP) is 3.06. The second kappa shape index (κ2) is 5.27. The molecule has 18 heavy (non-hydrogen) atoms. The van der Waals surface area contributed by atoms with Crippen LogP contribution in [0.3, 0.4) is 0 Å². The summed E-state index contributed by atoms with van der Waals surface area (Å²) in [6, 6.07) is 12.2. The van der Waals surface area contributed by atoms with Gasteiger partial charge in [0.1, 0.15) is 17.2 Å². The van der Waals surface area contributed by atoms with E-state index in [9.17, 15) is 15.3 Å². The fraction of sp³-hybridized carbons (Fsp3) is 0.0667. The summed E-state index contributed by atoms with van der Waals surface area (Å²) in [6.45, 7) is 0. The number of hydrogen-bond donors (Lipinski definition) is 3. The molecule has 0 atom stereocenters. The molecule has 2 aromatic rings. The average molecular weight is 242 g/mol. The van der Waals surface area contributed by atoms with Crippen LogP contribution >= 0.6 is 0 Å². The minimum absolute atomic E-state index is 0.106. The van der Waals surface area contributed by atoms with E-state index in [0.717, 1.165) is 5.56 Å². The molecule has 0 heterocycles. The van der Waals surface area contributed by atoms with Crippen LogP contribution in [0.25, 0.3) is 6.08 Å². The van der Waals surface area contributed by atoms with E-state index < -0.39 is 0 Å². The fourth-order valence-corrected chi connectivity index (χ4v) is 1.71. The molecule has 0 unspecified atom stereocenters. The molecular formula is C15H14O3. The number of phenolic OH excluding ortho intramolecular Hbond substituents is 3. The van der Waals surface area contributed by atoms with E-state index in [1.54, 1.807) is 0 Å². The minimum Gasteiger partial charge on any atom is -0.508 e. The van der Waals surface area contributed by atoms with E-state index in [-0.39, 0.29) is 17.2 Å². The number of hydrogen-bond acceptors (Lipinski definition) is 3. The molecule has 0 aliphatic carbocycles. The van der Waals surface area contributed by atoms with Gasteiger partial charge in [-0.15, -0.1) is 0 Å². The summed E-state index contributed by atoms with van der Waals surface area (Å²) in [5.74, 6) is -0.365. The van der Waals surface area contributed by atoms with Crippen LogP contribution in [0.2, 0.25) is 0 Å². The lowest BCUT2D eigenvalue weighted by atomic mass is 10.1. The molecule has 0 fully saturated rings. The zero-order valence-electron chi connectivity index (χ0n) is 9.74. The van der Waals surface area contributed by atoms with E-state index >= 15 is 0 Å². The molecule has 3 N–H and O–H groups in total. The van der Waals surface area contributed by atoms with Crippen molar-refractivity contribution in [1.82, 2.24) is 0 Å². The average Bonchev–Trinajstić information content (AvgIpc) is 2.34. The monoisotopic (exact) mass is 242 g/mol. The van der Waals surface area contributed by atoms with Crippen LogP contribution in [0.4, 0.5) is 0 Å².